The van der Waals surface area contributed by atoms with Crippen LogP contribution in [0.4, 0.5) is 0 Å². The second-order valence-electron chi connectivity index (χ2n) is 3.87. The summed E-state index contributed by atoms with van der Waals surface area (Å²) in [6.07, 6.45) is 0.844. The second-order valence-corrected chi connectivity index (χ2v) is 5.78. The molecule has 1 aliphatic rings. The lowest BCUT2D eigenvalue weighted by Gasteiger charge is -2.30. The first kappa shape index (κ1) is 12.5. The van der Waals surface area contributed by atoms with Crippen molar-refractivity contribution < 1.29 is 18.3 Å². The Morgan fingerprint density at radius 2 is 2.47 bits per heavy atom. The van der Waals surface area contributed by atoms with Gasteiger partial charge in [0.1, 0.15) is 5.82 Å². The third kappa shape index (κ3) is 2.49. The van der Waals surface area contributed by atoms with Crippen molar-refractivity contribution >= 4 is 10.0 Å². The Morgan fingerprint density at radius 1 is 1.71 bits per heavy atom. The molecule has 1 unspecified atom stereocenters. The summed E-state index contributed by atoms with van der Waals surface area (Å²) in [4.78, 5) is 6.58. The van der Waals surface area contributed by atoms with Crippen molar-refractivity contribution in [2.45, 2.75) is 18.1 Å². The molecule has 2 N–H and O–H groups in total. The zero-order valence-corrected chi connectivity index (χ0v) is 10.3. The number of H-pyrrole nitrogens is 1. The molecule has 2 heterocycles. The van der Waals surface area contributed by atoms with Gasteiger partial charge in [-0.3, -0.25) is 0 Å². The van der Waals surface area contributed by atoms with Crippen LogP contribution in [0.25, 0.3) is 0 Å². The summed E-state index contributed by atoms with van der Waals surface area (Å²) < 4.78 is 30.9. The number of ether oxygens (including phenoxy) is 1. The maximum atomic E-state index is 12.2. The van der Waals surface area contributed by atoms with Gasteiger partial charge in [-0.1, -0.05) is 0 Å². The van der Waals surface area contributed by atoms with Gasteiger partial charge in [-0.2, -0.15) is 4.31 Å². The van der Waals surface area contributed by atoms with E-state index in [0.29, 0.717) is 5.82 Å². The van der Waals surface area contributed by atoms with E-state index in [1.54, 1.807) is 6.92 Å². The lowest BCUT2D eigenvalue weighted by molar-refractivity contribution is -0.0305. The van der Waals surface area contributed by atoms with Gasteiger partial charge in [0, 0.05) is 13.1 Å². The van der Waals surface area contributed by atoms with Crippen LogP contribution in [0.2, 0.25) is 0 Å². The van der Waals surface area contributed by atoms with Crippen molar-refractivity contribution in [3.8, 4) is 0 Å². The minimum Gasteiger partial charge on any atom is -0.394 e. The van der Waals surface area contributed by atoms with Crippen LogP contribution in [0.5, 0.6) is 0 Å². The maximum Gasteiger partial charge on any atom is 0.260 e. The van der Waals surface area contributed by atoms with Gasteiger partial charge in [0.15, 0.2) is 5.03 Å². The van der Waals surface area contributed by atoms with Gasteiger partial charge in [0.2, 0.25) is 0 Å². The van der Waals surface area contributed by atoms with Gasteiger partial charge in [0.05, 0.1) is 25.5 Å². The van der Waals surface area contributed by atoms with E-state index in [1.807, 2.05) is 0 Å². The molecule has 0 amide bonds. The van der Waals surface area contributed by atoms with Gasteiger partial charge in [-0.25, -0.2) is 13.4 Å². The summed E-state index contributed by atoms with van der Waals surface area (Å²) in [6.45, 7) is 2.24. The van der Waals surface area contributed by atoms with Crippen LogP contribution in [-0.4, -0.2) is 60.2 Å². The number of aliphatic hydroxyl groups is 1. The molecule has 7 nitrogen and oxygen atoms in total. The van der Waals surface area contributed by atoms with Crippen LogP contribution >= 0.6 is 0 Å². The van der Waals surface area contributed by atoms with E-state index in [-0.39, 0.29) is 31.3 Å². The molecule has 1 atom stereocenters. The number of morpholine rings is 1. The highest BCUT2D eigenvalue weighted by Crippen LogP contribution is 2.16. The third-order valence-electron chi connectivity index (χ3n) is 2.60. The topological polar surface area (TPSA) is 95.5 Å². The largest absolute Gasteiger partial charge is 0.394 e. The molecule has 0 bridgehead atoms. The Balaban J connectivity index is 2.21. The van der Waals surface area contributed by atoms with Gasteiger partial charge in [0.25, 0.3) is 10.0 Å². The average molecular weight is 261 g/mol. The maximum absolute atomic E-state index is 12.2. The van der Waals surface area contributed by atoms with E-state index in [4.69, 9.17) is 9.84 Å². The number of aromatic amines is 1. The van der Waals surface area contributed by atoms with Crippen LogP contribution in [0.15, 0.2) is 11.2 Å². The van der Waals surface area contributed by atoms with Crippen molar-refractivity contribution in [2.24, 2.45) is 0 Å². The number of aryl methyl sites for hydroxylation is 1. The van der Waals surface area contributed by atoms with Crippen molar-refractivity contribution in [2.75, 3.05) is 26.3 Å². The molecular weight excluding hydrogens is 246 g/mol. The fourth-order valence-corrected chi connectivity index (χ4v) is 3.11. The number of rotatable bonds is 3. The zero-order valence-electron chi connectivity index (χ0n) is 9.46. The van der Waals surface area contributed by atoms with E-state index in [0.717, 1.165) is 0 Å². The SMILES string of the molecule is Cc1ncc(S(=O)(=O)N2CCOC(CO)C2)[nH]1. The van der Waals surface area contributed by atoms with Gasteiger partial charge in [-0.05, 0) is 6.92 Å². The Labute approximate surface area is 99.5 Å². The number of aromatic nitrogens is 2. The van der Waals surface area contributed by atoms with E-state index in [9.17, 15) is 8.42 Å². The first-order valence-corrected chi connectivity index (χ1v) is 6.72. The minimum atomic E-state index is -3.56. The summed E-state index contributed by atoms with van der Waals surface area (Å²) in [6, 6.07) is 0. The van der Waals surface area contributed by atoms with Crippen LogP contribution in [0.1, 0.15) is 5.82 Å². The van der Waals surface area contributed by atoms with E-state index >= 15 is 0 Å². The molecule has 96 valence electrons. The van der Waals surface area contributed by atoms with Crippen LogP contribution in [0, 0.1) is 6.92 Å². The molecule has 1 aliphatic heterocycles. The van der Waals surface area contributed by atoms with Gasteiger partial charge < -0.3 is 14.8 Å². The predicted octanol–water partition coefficient (Wildman–Crippen LogP) is -0.900. The van der Waals surface area contributed by atoms with Gasteiger partial charge in [-0.15, -0.1) is 0 Å². The number of imidazole rings is 1. The van der Waals surface area contributed by atoms with Crippen molar-refractivity contribution in [1.29, 1.82) is 0 Å². The quantitative estimate of drug-likeness (QED) is 0.735. The Bertz CT molecular complexity index is 484. The third-order valence-corrected chi connectivity index (χ3v) is 4.38. The van der Waals surface area contributed by atoms with Crippen LogP contribution < -0.4 is 0 Å². The molecule has 17 heavy (non-hydrogen) atoms. The monoisotopic (exact) mass is 261 g/mol. The summed E-state index contributed by atoms with van der Waals surface area (Å²) >= 11 is 0. The molecule has 8 heteroatoms. The molecule has 1 aromatic heterocycles. The summed E-state index contributed by atoms with van der Waals surface area (Å²) in [5.74, 6) is 0.551. The standard InChI is InChI=1S/C9H15N3O4S/c1-7-10-4-9(11-7)17(14,15)12-2-3-16-8(5-12)6-13/h4,8,13H,2-3,5-6H2,1H3,(H,10,11). The molecule has 0 radical (unpaired) electrons. The molecule has 2 rings (SSSR count). The molecule has 0 spiro atoms. The summed E-state index contributed by atoms with van der Waals surface area (Å²) in [7, 11) is -3.56. The fourth-order valence-electron chi connectivity index (χ4n) is 1.69. The Kier molecular flexibility index (Phi) is 3.48. The summed E-state index contributed by atoms with van der Waals surface area (Å²) in [5, 5.41) is 9.06. The van der Waals surface area contributed by atoms with Crippen LogP contribution in [-0.2, 0) is 14.8 Å². The normalized spacial score (nSPS) is 22.8. The fraction of sp³-hybridized carbons (Fsp3) is 0.667. The molecule has 1 fully saturated rings. The van der Waals surface area contributed by atoms with E-state index in [1.165, 1.54) is 10.5 Å². The Hall–Kier alpha value is -0.960. The van der Waals surface area contributed by atoms with Crippen molar-refractivity contribution in [1.82, 2.24) is 14.3 Å². The molecule has 1 saturated heterocycles. The number of hydrogen-bond donors (Lipinski definition) is 2. The van der Waals surface area contributed by atoms with Gasteiger partial charge >= 0.3 is 0 Å². The minimum absolute atomic E-state index is 0.0774. The molecular formula is C9H15N3O4S. The zero-order chi connectivity index (χ0) is 12.5. The smallest absolute Gasteiger partial charge is 0.260 e. The Morgan fingerprint density at radius 3 is 3.06 bits per heavy atom. The number of nitrogens with zero attached hydrogens (tertiary/aromatic N) is 2. The van der Waals surface area contributed by atoms with Crippen molar-refractivity contribution in [3.63, 3.8) is 0 Å². The number of hydrogen-bond acceptors (Lipinski definition) is 5. The first-order valence-electron chi connectivity index (χ1n) is 5.28. The lowest BCUT2D eigenvalue weighted by Crippen LogP contribution is -2.46. The molecule has 0 aliphatic carbocycles. The molecule has 0 saturated carbocycles. The lowest BCUT2D eigenvalue weighted by atomic mass is 10.3. The van der Waals surface area contributed by atoms with Crippen molar-refractivity contribution in [3.05, 3.63) is 12.0 Å². The molecule has 0 aromatic carbocycles. The van der Waals surface area contributed by atoms with Crippen LogP contribution in [0.3, 0.4) is 0 Å². The van der Waals surface area contributed by atoms with E-state index < -0.39 is 16.1 Å². The average Bonchev–Trinajstić information content (AvgIpc) is 2.76. The first-order chi connectivity index (χ1) is 8.04. The highest BCUT2D eigenvalue weighted by molar-refractivity contribution is 7.89. The number of aliphatic hydroxyl groups excluding tert-OH is 1. The predicted molar refractivity (Wildman–Crippen MR) is 58.9 cm³/mol. The highest BCUT2D eigenvalue weighted by Gasteiger charge is 2.31. The van der Waals surface area contributed by atoms with E-state index in [2.05, 4.69) is 9.97 Å². The summed E-state index contributed by atoms with van der Waals surface area (Å²) in [5.41, 5.74) is 0. The number of nitrogens with one attached hydrogen (secondary N) is 1. The molecule has 1 aromatic rings. The number of sulfonamides is 1. The highest BCUT2D eigenvalue weighted by atomic mass is 32.2. The second kappa shape index (κ2) is 4.73.